The molecule has 3 rings (SSSR count). The number of rotatable bonds is 0. The second kappa shape index (κ2) is 3.04. The molecule has 0 N–H and O–H groups in total. The SMILES string of the molecule is ClC1C[C@]23CCCCCC[C@]2(C1)C3Cl. The third kappa shape index (κ3) is 1.02. The number of halogens is 2. The van der Waals surface area contributed by atoms with Crippen LogP contribution in [0.3, 0.4) is 0 Å². The van der Waals surface area contributed by atoms with Crippen LogP contribution in [0.15, 0.2) is 0 Å². The zero-order valence-electron chi connectivity index (χ0n) is 8.57. The Bertz CT molecular complexity index is 229. The normalized spacial score (nSPS) is 53.1. The summed E-state index contributed by atoms with van der Waals surface area (Å²) in [5.74, 6) is 0. The van der Waals surface area contributed by atoms with Crippen molar-refractivity contribution in [3.63, 3.8) is 0 Å². The van der Waals surface area contributed by atoms with Crippen LogP contribution in [-0.2, 0) is 0 Å². The van der Waals surface area contributed by atoms with Gasteiger partial charge in [-0.25, -0.2) is 0 Å². The Labute approximate surface area is 96.3 Å². The van der Waals surface area contributed by atoms with Crippen LogP contribution in [0, 0.1) is 10.8 Å². The summed E-state index contributed by atoms with van der Waals surface area (Å²) in [6.45, 7) is 0. The van der Waals surface area contributed by atoms with Crippen LogP contribution in [0.25, 0.3) is 0 Å². The third-order valence-corrected chi connectivity index (χ3v) is 6.19. The second-order valence-electron chi connectivity index (χ2n) is 5.59. The molecule has 3 aliphatic rings. The van der Waals surface area contributed by atoms with Gasteiger partial charge in [0.15, 0.2) is 0 Å². The maximum atomic E-state index is 6.56. The first-order valence-electron chi connectivity index (χ1n) is 5.99. The molecule has 0 saturated heterocycles. The molecule has 0 amide bonds. The van der Waals surface area contributed by atoms with Crippen molar-refractivity contribution in [2.24, 2.45) is 10.8 Å². The van der Waals surface area contributed by atoms with Crippen molar-refractivity contribution in [3.8, 4) is 0 Å². The highest BCUT2D eigenvalue weighted by molar-refractivity contribution is 6.26. The predicted octanol–water partition coefficient (Wildman–Crippen LogP) is 4.34. The Morgan fingerprint density at radius 2 is 1.29 bits per heavy atom. The van der Waals surface area contributed by atoms with Crippen molar-refractivity contribution in [1.82, 2.24) is 0 Å². The molecule has 2 atom stereocenters. The van der Waals surface area contributed by atoms with E-state index in [-0.39, 0.29) is 0 Å². The highest BCUT2D eigenvalue weighted by atomic mass is 35.5. The molecule has 0 aromatic heterocycles. The zero-order chi connectivity index (χ0) is 9.81. The van der Waals surface area contributed by atoms with E-state index >= 15 is 0 Å². The van der Waals surface area contributed by atoms with Gasteiger partial charge >= 0.3 is 0 Å². The molecular formula is C12H18Cl2. The summed E-state index contributed by atoms with van der Waals surface area (Å²) in [6.07, 6.45) is 10.7. The molecule has 2 heteroatoms. The molecule has 0 heterocycles. The molecule has 3 fully saturated rings. The first kappa shape index (κ1) is 9.78. The molecule has 80 valence electrons. The van der Waals surface area contributed by atoms with Gasteiger partial charge in [0.2, 0.25) is 0 Å². The highest BCUT2D eigenvalue weighted by Crippen LogP contribution is 2.80. The summed E-state index contributed by atoms with van der Waals surface area (Å²) < 4.78 is 0. The summed E-state index contributed by atoms with van der Waals surface area (Å²) >= 11 is 12.9. The summed E-state index contributed by atoms with van der Waals surface area (Å²) in [5.41, 5.74) is 0.947. The van der Waals surface area contributed by atoms with Crippen LogP contribution in [0.5, 0.6) is 0 Å². The molecular weight excluding hydrogens is 215 g/mol. The number of alkyl halides is 2. The van der Waals surface area contributed by atoms with Gasteiger partial charge in [0.1, 0.15) is 0 Å². The van der Waals surface area contributed by atoms with Crippen molar-refractivity contribution in [1.29, 1.82) is 0 Å². The second-order valence-corrected chi connectivity index (χ2v) is 6.65. The molecule has 0 radical (unpaired) electrons. The van der Waals surface area contributed by atoms with E-state index in [2.05, 4.69) is 0 Å². The van der Waals surface area contributed by atoms with Crippen molar-refractivity contribution >= 4 is 23.2 Å². The lowest BCUT2D eigenvalue weighted by Crippen LogP contribution is -2.09. The fourth-order valence-corrected chi connectivity index (χ4v) is 5.66. The number of hydrogen-bond donors (Lipinski definition) is 0. The van der Waals surface area contributed by atoms with Crippen LogP contribution in [0.1, 0.15) is 51.4 Å². The van der Waals surface area contributed by atoms with Crippen LogP contribution >= 0.6 is 23.2 Å². The van der Waals surface area contributed by atoms with Gasteiger partial charge in [-0.3, -0.25) is 0 Å². The van der Waals surface area contributed by atoms with E-state index in [9.17, 15) is 0 Å². The largest absolute Gasteiger partial charge is 0.123 e. The Morgan fingerprint density at radius 3 is 1.79 bits per heavy atom. The fraction of sp³-hybridized carbons (Fsp3) is 1.00. The summed E-state index contributed by atoms with van der Waals surface area (Å²) in [7, 11) is 0. The fourth-order valence-electron chi connectivity index (χ4n) is 4.34. The maximum absolute atomic E-state index is 6.56. The average molecular weight is 233 g/mol. The summed E-state index contributed by atoms with van der Waals surface area (Å²) in [4.78, 5) is 0. The summed E-state index contributed by atoms with van der Waals surface area (Å²) in [5, 5.41) is 0.881. The van der Waals surface area contributed by atoms with E-state index in [1.807, 2.05) is 0 Å². The van der Waals surface area contributed by atoms with Gasteiger partial charge in [-0.1, -0.05) is 25.7 Å². The maximum Gasteiger partial charge on any atom is 0.0461 e. The van der Waals surface area contributed by atoms with Crippen LogP contribution in [0.4, 0.5) is 0 Å². The lowest BCUT2D eigenvalue weighted by atomic mass is 9.84. The number of hydrogen-bond acceptors (Lipinski definition) is 0. The van der Waals surface area contributed by atoms with Gasteiger partial charge in [-0.05, 0) is 36.5 Å². The molecule has 0 spiro atoms. The van der Waals surface area contributed by atoms with Gasteiger partial charge in [0.05, 0.1) is 0 Å². The van der Waals surface area contributed by atoms with Gasteiger partial charge < -0.3 is 0 Å². The van der Waals surface area contributed by atoms with Gasteiger partial charge in [-0.2, -0.15) is 0 Å². The third-order valence-electron chi connectivity index (χ3n) is 5.05. The topological polar surface area (TPSA) is 0 Å². The molecule has 0 nitrogen and oxygen atoms in total. The predicted molar refractivity (Wildman–Crippen MR) is 61.1 cm³/mol. The van der Waals surface area contributed by atoms with E-state index in [0.717, 1.165) is 0 Å². The van der Waals surface area contributed by atoms with Gasteiger partial charge in [-0.15, -0.1) is 23.2 Å². The minimum Gasteiger partial charge on any atom is -0.123 e. The quantitative estimate of drug-likeness (QED) is 0.546. The first-order chi connectivity index (χ1) is 6.71. The molecule has 14 heavy (non-hydrogen) atoms. The molecule has 0 aromatic rings. The molecule has 0 aromatic carbocycles. The van der Waals surface area contributed by atoms with Crippen molar-refractivity contribution in [3.05, 3.63) is 0 Å². The summed E-state index contributed by atoms with van der Waals surface area (Å²) in [6, 6.07) is 0. The Balaban J connectivity index is 1.88. The molecule has 0 bridgehead atoms. The minimum absolute atomic E-state index is 0.420. The average Bonchev–Trinajstić information content (AvgIpc) is 2.49. The smallest absolute Gasteiger partial charge is 0.0461 e. The Hall–Kier alpha value is 0.580. The van der Waals surface area contributed by atoms with Crippen molar-refractivity contribution in [2.45, 2.75) is 62.1 Å². The van der Waals surface area contributed by atoms with Gasteiger partial charge in [0, 0.05) is 10.8 Å². The van der Waals surface area contributed by atoms with E-state index in [0.29, 0.717) is 21.6 Å². The van der Waals surface area contributed by atoms with E-state index < -0.39 is 0 Å². The lowest BCUT2D eigenvalue weighted by Gasteiger charge is -2.20. The van der Waals surface area contributed by atoms with Crippen LogP contribution in [0.2, 0.25) is 0 Å². The first-order valence-corrected chi connectivity index (χ1v) is 6.87. The Kier molecular flexibility index (Phi) is 2.13. The van der Waals surface area contributed by atoms with E-state index in [1.165, 1.54) is 51.4 Å². The standard InChI is InChI=1S/C12H18Cl2/c13-9-7-11-5-3-1-2-4-6-12(11,8-9)10(11)14/h9-10H,1-8H2/t9?,10?,11-,12-/m0/s1. The Morgan fingerprint density at radius 1 is 0.786 bits per heavy atom. The molecule has 0 aliphatic heterocycles. The highest BCUT2D eigenvalue weighted by Gasteiger charge is 2.77. The zero-order valence-corrected chi connectivity index (χ0v) is 10.1. The van der Waals surface area contributed by atoms with Crippen LogP contribution in [-0.4, -0.2) is 10.8 Å². The molecule has 3 aliphatic carbocycles. The van der Waals surface area contributed by atoms with Gasteiger partial charge in [0.25, 0.3) is 0 Å². The lowest BCUT2D eigenvalue weighted by molar-refractivity contribution is 0.301. The molecule has 0 unspecified atom stereocenters. The van der Waals surface area contributed by atoms with E-state index in [4.69, 9.17) is 23.2 Å². The van der Waals surface area contributed by atoms with Crippen molar-refractivity contribution < 1.29 is 0 Å². The molecule has 3 saturated carbocycles. The van der Waals surface area contributed by atoms with Crippen molar-refractivity contribution in [2.75, 3.05) is 0 Å². The van der Waals surface area contributed by atoms with E-state index in [1.54, 1.807) is 0 Å². The van der Waals surface area contributed by atoms with Crippen LogP contribution < -0.4 is 0 Å². The minimum atomic E-state index is 0.420. The monoisotopic (exact) mass is 232 g/mol.